The Morgan fingerprint density at radius 1 is 1.07 bits per heavy atom. The molecule has 6 nitrogen and oxygen atoms in total. The highest BCUT2D eigenvalue weighted by Gasteiger charge is 2.28. The molecule has 0 atom stereocenters. The zero-order valence-corrected chi connectivity index (χ0v) is 17.3. The van der Waals surface area contributed by atoms with Crippen LogP contribution in [0.3, 0.4) is 0 Å². The molecule has 2 heterocycles. The molecule has 1 aromatic heterocycles. The standard InChI is InChI=1S/C22H21FN4O2S/c1-14-4-2-3-5-18(14)22(29)27-12-10-15(11-13-27)20-25-26-21(30-20)19(28)24-17-8-6-16(23)7-9-17/h2-9,15H,10-13H2,1H3,(H,24,28). The summed E-state index contributed by atoms with van der Waals surface area (Å²) in [5, 5.41) is 12.0. The molecule has 0 spiro atoms. The first-order valence-corrected chi connectivity index (χ1v) is 10.6. The van der Waals surface area contributed by atoms with E-state index in [0.717, 1.165) is 29.0 Å². The molecule has 0 bridgehead atoms. The lowest BCUT2D eigenvalue weighted by atomic mass is 9.96. The fraction of sp³-hybridized carbons (Fsp3) is 0.273. The maximum Gasteiger partial charge on any atom is 0.286 e. The zero-order valence-electron chi connectivity index (χ0n) is 16.5. The number of amides is 2. The van der Waals surface area contributed by atoms with Crippen molar-refractivity contribution in [2.75, 3.05) is 18.4 Å². The highest BCUT2D eigenvalue weighted by molar-refractivity contribution is 7.13. The Bertz CT molecular complexity index is 1060. The maximum atomic E-state index is 13.0. The van der Waals surface area contributed by atoms with Crippen molar-refractivity contribution in [3.8, 4) is 0 Å². The van der Waals surface area contributed by atoms with Crippen LogP contribution in [0.1, 0.15) is 49.5 Å². The zero-order chi connectivity index (χ0) is 21.1. The van der Waals surface area contributed by atoms with Crippen LogP contribution in [0.15, 0.2) is 48.5 Å². The molecule has 1 aliphatic heterocycles. The second-order valence-electron chi connectivity index (χ2n) is 7.29. The van der Waals surface area contributed by atoms with Crippen LogP contribution in [0.2, 0.25) is 0 Å². The predicted molar refractivity (Wildman–Crippen MR) is 113 cm³/mol. The second-order valence-corrected chi connectivity index (χ2v) is 8.30. The average Bonchev–Trinajstić information content (AvgIpc) is 3.26. The smallest absolute Gasteiger partial charge is 0.286 e. The van der Waals surface area contributed by atoms with Gasteiger partial charge in [0.05, 0.1) is 0 Å². The lowest BCUT2D eigenvalue weighted by Gasteiger charge is -2.31. The number of carbonyl (C=O) groups excluding carboxylic acids is 2. The van der Waals surface area contributed by atoms with Crippen molar-refractivity contribution in [3.05, 3.63) is 75.5 Å². The third-order valence-corrected chi connectivity index (χ3v) is 6.33. The van der Waals surface area contributed by atoms with Gasteiger partial charge in [-0.2, -0.15) is 0 Å². The van der Waals surface area contributed by atoms with E-state index < -0.39 is 0 Å². The third-order valence-electron chi connectivity index (χ3n) is 5.24. The molecule has 154 valence electrons. The van der Waals surface area contributed by atoms with Crippen molar-refractivity contribution in [2.45, 2.75) is 25.7 Å². The molecule has 2 amide bonds. The lowest BCUT2D eigenvalue weighted by Crippen LogP contribution is -2.38. The van der Waals surface area contributed by atoms with E-state index in [1.54, 1.807) is 0 Å². The third kappa shape index (κ3) is 4.38. The molecule has 0 radical (unpaired) electrons. The lowest BCUT2D eigenvalue weighted by molar-refractivity contribution is 0.0712. The Morgan fingerprint density at radius 2 is 1.77 bits per heavy atom. The van der Waals surface area contributed by atoms with E-state index in [-0.39, 0.29) is 28.6 Å². The van der Waals surface area contributed by atoms with Crippen molar-refractivity contribution in [2.24, 2.45) is 0 Å². The summed E-state index contributed by atoms with van der Waals surface area (Å²) in [5.74, 6) is -0.491. The largest absolute Gasteiger partial charge is 0.339 e. The van der Waals surface area contributed by atoms with E-state index in [0.29, 0.717) is 18.8 Å². The van der Waals surface area contributed by atoms with Gasteiger partial charge in [0.1, 0.15) is 10.8 Å². The van der Waals surface area contributed by atoms with Crippen LogP contribution >= 0.6 is 11.3 Å². The van der Waals surface area contributed by atoms with Crippen molar-refractivity contribution in [1.29, 1.82) is 0 Å². The van der Waals surface area contributed by atoms with Crippen LogP contribution in [0.4, 0.5) is 10.1 Å². The summed E-state index contributed by atoms with van der Waals surface area (Å²) in [5.41, 5.74) is 2.22. The Hall–Kier alpha value is -3.13. The summed E-state index contributed by atoms with van der Waals surface area (Å²) in [6.45, 7) is 3.24. The van der Waals surface area contributed by atoms with Crippen molar-refractivity contribution >= 4 is 28.8 Å². The van der Waals surface area contributed by atoms with Crippen LogP contribution in [0.25, 0.3) is 0 Å². The first kappa shape index (κ1) is 20.2. The van der Waals surface area contributed by atoms with Crippen LogP contribution < -0.4 is 5.32 Å². The summed E-state index contributed by atoms with van der Waals surface area (Å²) in [7, 11) is 0. The summed E-state index contributed by atoms with van der Waals surface area (Å²) in [4.78, 5) is 27.0. The van der Waals surface area contributed by atoms with Gasteiger partial charge >= 0.3 is 0 Å². The fourth-order valence-electron chi connectivity index (χ4n) is 3.52. The van der Waals surface area contributed by atoms with E-state index in [1.807, 2.05) is 36.1 Å². The minimum absolute atomic E-state index is 0.0585. The van der Waals surface area contributed by atoms with Crippen LogP contribution in [-0.2, 0) is 0 Å². The Kier molecular flexibility index (Phi) is 5.85. The van der Waals surface area contributed by atoms with Crippen LogP contribution in [0, 0.1) is 12.7 Å². The van der Waals surface area contributed by atoms with Gasteiger partial charge in [0, 0.05) is 30.3 Å². The number of nitrogens with one attached hydrogen (secondary N) is 1. The van der Waals surface area contributed by atoms with E-state index in [9.17, 15) is 14.0 Å². The monoisotopic (exact) mass is 424 g/mol. The normalized spacial score (nSPS) is 14.5. The molecule has 30 heavy (non-hydrogen) atoms. The molecule has 1 fully saturated rings. The number of anilines is 1. The summed E-state index contributed by atoms with van der Waals surface area (Å²) in [6, 6.07) is 13.2. The minimum Gasteiger partial charge on any atom is -0.339 e. The Balaban J connectivity index is 1.36. The van der Waals surface area contributed by atoms with E-state index in [4.69, 9.17) is 0 Å². The molecule has 1 N–H and O–H groups in total. The number of aryl methyl sites for hydroxylation is 1. The van der Waals surface area contributed by atoms with E-state index in [2.05, 4.69) is 15.5 Å². The van der Waals surface area contributed by atoms with Gasteiger partial charge in [-0.1, -0.05) is 29.5 Å². The number of halogens is 1. The van der Waals surface area contributed by atoms with E-state index in [1.165, 1.54) is 35.6 Å². The number of benzene rings is 2. The number of piperidine rings is 1. The van der Waals surface area contributed by atoms with Gasteiger partial charge in [-0.25, -0.2) is 4.39 Å². The Morgan fingerprint density at radius 3 is 2.47 bits per heavy atom. The summed E-state index contributed by atoms with van der Waals surface area (Å²) in [6.07, 6.45) is 1.57. The molecule has 0 saturated carbocycles. The Labute approximate surface area is 177 Å². The first-order chi connectivity index (χ1) is 14.5. The predicted octanol–water partition coefficient (Wildman–Crippen LogP) is 4.26. The average molecular weight is 425 g/mol. The number of rotatable bonds is 4. The first-order valence-electron chi connectivity index (χ1n) is 9.76. The van der Waals surface area contributed by atoms with Gasteiger partial charge < -0.3 is 10.2 Å². The van der Waals surface area contributed by atoms with Crippen molar-refractivity contribution in [1.82, 2.24) is 15.1 Å². The summed E-state index contributed by atoms with van der Waals surface area (Å²) < 4.78 is 13.0. The molecular formula is C22H21FN4O2S. The quantitative estimate of drug-likeness (QED) is 0.679. The van der Waals surface area contributed by atoms with Gasteiger partial charge in [0.2, 0.25) is 5.01 Å². The van der Waals surface area contributed by atoms with Crippen molar-refractivity contribution in [3.63, 3.8) is 0 Å². The number of hydrogen-bond acceptors (Lipinski definition) is 5. The van der Waals surface area contributed by atoms with Crippen LogP contribution in [0.5, 0.6) is 0 Å². The van der Waals surface area contributed by atoms with Crippen LogP contribution in [-0.4, -0.2) is 40.0 Å². The molecule has 3 aromatic rings. The van der Waals surface area contributed by atoms with Gasteiger partial charge in [-0.05, 0) is 55.7 Å². The molecular weight excluding hydrogens is 403 g/mol. The molecule has 0 unspecified atom stereocenters. The number of aromatic nitrogens is 2. The summed E-state index contributed by atoms with van der Waals surface area (Å²) >= 11 is 1.27. The fourth-order valence-corrected chi connectivity index (χ4v) is 4.43. The molecule has 2 aromatic carbocycles. The van der Waals surface area contributed by atoms with Gasteiger partial charge in [0.15, 0.2) is 0 Å². The van der Waals surface area contributed by atoms with Gasteiger partial charge in [-0.3, -0.25) is 9.59 Å². The second kappa shape index (κ2) is 8.71. The molecule has 1 saturated heterocycles. The number of hydrogen-bond donors (Lipinski definition) is 1. The number of likely N-dealkylation sites (tertiary alicyclic amines) is 1. The maximum absolute atomic E-state index is 13.0. The van der Waals surface area contributed by atoms with Gasteiger partial charge in [0.25, 0.3) is 11.8 Å². The SMILES string of the molecule is Cc1ccccc1C(=O)N1CCC(c2nnc(C(=O)Nc3ccc(F)cc3)s2)CC1. The van der Waals surface area contributed by atoms with Gasteiger partial charge in [-0.15, -0.1) is 10.2 Å². The number of carbonyl (C=O) groups is 2. The minimum atomic E-state index is -0.363. The van der Waals surface area contributed by atoms with Crippen molar-refractivity contribution < 1.29 is 14.0 Å². The molecule has 0 aliphatic carbocycles. The molecule has 8 heteroatoms. The topological polar surface area (TPSA) is 75.2 Å². The molecule has 1 aliphatic rings. The highest BCUT2D eigenvalue weighted by atomic mass is 32.1. The highest BCUT2D eigenvalue weighted by Crippen LogP contribution is 2.31. The number of nitrogens with zero attached hydrogens (tertiary/aromatic N) is 3. The van der Waals surface area contributed by atoms with E-state index >= 15 is 0 Å². The molecule has 4 rings (SSSR count).